The van der Waals surface area contributed by atoms with Gasteiger partial charge in [-0.05, 0) is 45.4 Å². The Morgan fingerprint density at radius 2 is 1.72 bits per heavy atom. The number of amides is 1. The molecule has 0 bridgehead atoms. The second-order valence-corrected chi connectivity index (χ2v) is 8.88. The molecule has 1 aromatic carbocycles. The zero-order valence-corrected chi connectivity index (χ0v) is 17.1. The number of nitrogens with one attached hydrogen (secondary N) is 2. The molecule has 1 amide bonds. The van der Waals surface area contributed by atoms with Crippen molar-refractivity contribution in [2.75, 3.05) is 13.4 Å². The Kier molecular flexibility index (Phi) is 6.29. The summed E-state index contributed by atoms with van der Waals surface area (Å²) >= 11 is 0. The van der Waals surface area contributed by atoms with Gasteiger partial charge in [0.25, 0.3) is 0 Å². The molecule has 0 aliphatic carbocycles. The third kappa shape index (κ3) is 4.73. The lowest BCUT2D eigenvalue weighted by Crippen LogP contribution is -2.62. The molecule has 1 aromatic rings. The molecule has 0 aliphatic heterocycles. The van der Waals surface area contributed by atoms with Crippen LogP contribution in [-0.4, -0.2) is 39.7 Å². The molecule has 0 aliphatic rings. The van der Waals surface area contributed by atoms with E-state index in [1.807, 2.05) is 33.8 Å². The largest absolute Gasteiger partial charge is 0.504 e. The average molecular weight is 371 g/mol. The summed E-state index contributed by atoms with van der Waals surface area (Å²) in [6.07, 6.45) is 1.49. The summed E-state index contributed by atoms with van der Waals surface area (Å²) in [5.74, 6) is 0.210. The van der Waals surface area contributed by atoms with Crippen LogP contribution < -0.4 is 14.8 Å². The second-order valence-electron chi connectivity index (χ2n) is 7.77. The summed E-state index contributed by atoms with van der Waals surface area (Å²) in [6, 6.07) is 5.17. The summed E-state index contributed by atoms with van der Waals surface area (Å²) < 4.78 is 19.4. The van der Waals surface area contributed by atoms with E-state index in [2.05, 4.69) is 10.0 Å². The minimum Gasteiger partial charge on any atom is -0.504 e. The first-order valence-electron chi connectivity index (χ1n) is 8.06. The number of phenols is 1. The van der Waals surface area contributed by atoms with Crippen LogP contribution in [0.2, 0.25) is 0 Å². The number of carbonyl (C=O) groups is 1. The highest BCUT2D eigenvalue weighted by Crippen LogP contribution is 2.38. The normalized spacial score (nSPS) is 14.1. The summed E-state index contributed by atoms with van der Waals surface area (Å²) in [4.78, 5) is 12.7. The van der Waals surface area contributed by atoms with Crippen molar-refractivity contribution in [3.8, 4) is 11.5 Å². The van der Waals surface area contributed by atoms with Crippen LogP contribution >= 0.6 is 0 Å². The van der Waals surface area contributed by atoms with E-state index in [9.17, 15) is 14.1 Å². The fourth-order valence-electron chi connectivity index (χ4n) is 2.43. The van der Waals surface area contributed by atoms with E-state index in [4.69, 9.17) is 4.74 Å². The highest BCUT2D eigenvalue weighted by molar-refractivity contribution is 7.82. The van der Waals surface area contributed by atoms with E-state index in [1.54, 1.807) is 26.0 Å². The minimum atomic E-state index is -1.30. The van der Waals surface area contributed by atoms with Crippen LogP contribution in [0.15, 0.2) is 18.2 Å². The van der Waals surface area contributed by atoms with Gasteiger partial charge >= 0.3 is 0 Å². The molecular formula is C18H30N2O4S. The summed E-state index contributed by atoms with van der Waals surface area (Å²) in [6.45, 7) is 11.3. The smallest absolute Gasteiger partial charge is 0.241 e. The fraction of sp³-hybridized carbons (Fsp3) is 0.611. The maximum Gasteiger partial charge on any atom is 0.241 e. The zero-order chi connectivity index (χ0) is 19.6. The van der Waals surface area contributed by atoms with Gasteiger partial charge in [0, 0.05) is 17.2 Å². The molecule has 3 N–H and O–H groups in total. The average Bonchev–Trinajstić information content (AvgIpc) is 2.45. The molecule has 0 fully saturated rings. The number of rotatable bonds is 7. The van der Waals surface area contributed by atoms with Crippen LogP contribution in [0.4, 0.5) is 0 Å². The SMILES string of the molecule is COc1cc(C(C)(C)C(C)(C)NC(=O)C(C)(C)NS(C)=O)ccc1O. The van der Waals surface area contributed by atoms with Crippen molar-refractivity contribution in [1.29, 1.82) is 0 Å². The van der Waals surface area contributed by atoms with Gasteiger partial charge in [0.05, 0.1) is 18.1 Å². The van der Waals surface area contributed by atoms with Gasteiger partial charge < -0.3 is 15.2 Å². The van der Waals surface area contributed by atoms with E-state index >= 15 is 0 Å². The highest BCUT2D eigenvalue weighted by Gasteiger charge is 2.42. The molecule has 0 radical (unpaired) electrons. The van der Waals surface area contributed by atoms with Crippen molar-refractivity contribution in [1.82, 2.24) is 10.0 Å². The lowest BCUT2D eigenvalue weighted by Gasteiger charge is -2.44. The molecule has 142 valence electrons. The molecule has 1 atom stereocenters. The maximum atomic E-state index is 12.7. The number of phenolic OH excluding ortho intramolecular Hbond substituents is 1. The first kappa shape index (κ1) is 21.4. The first-order valence-corrected chi connectivity index (χ1v) is 9.62. The monoisotopic (exact) mass is 370 g/mol. The van der Waals surface area contributed by atoms with Crippen molar-refractivity contribution in [2.24, 2.45) is 0 Å². The zero-order valence-electron chi connectivity index (χ0n) is 16.3. The molecule has 25 heavy (non-hydrogen) atoms. The predicted molar refractivity (Wildman–Crippen MR) is 101 cm³/mol. The van der Waals surface area contributed by atoms with Crippen LogP contribution in [0.25, 0.3) is 0 Å². The topological polar surface area (TPSA) is 87.7 Å². The number of hydrogen-bond donors (Lipinski definition) is 3. The fourth-order valence-corrected chi connectivity index (χ4v) is 3.24. The Hall–Kier alpha value is -1.60. The molecule has 1 unspecified atom stereocenters. The van der Waals surface area contributed by atoms with Crippen LogP contribution in [0.1, 0.15) is 47.1 Å². The Labute approximate surface area is 152 Å². The van der Waals surface area contributed by atoms with Gasteiger partial charge in [-0.25, -0.2) is 8.93 Å². The number of methoxy groups -OCH3 is 1. The highest BCUT2D eigenvalue weighted by atomic mass is 32.2. The number of carbonyl (C=O) groups excluding carboxylic acids is 1. The Balaban J connectivity index is 3.14. The second kappa shape index (κ2) is 7.33. The molecule has 0 saturated carbocycles. The maximum absolute atomic E-state index is 12.7. The van der Waals surface area contributed by atoms with Gasteiger partial charge in [0.2, 0.25) is 5.91 Å². The van der Waals surface area contributed by atoms with Crippen molar-refractivity contribution < 1.29 is 18.8 Å². The molecular weight excluding hydrogens is 340 g/mol. The van der Waals surface area contributed by atoms with E-state index in [0.717, 1.165) is 5.56 Å². The molecule has 7 heteroatoms. The quantitative estimate of drug-likeness (QED) is 0.687. The molecule has 0 spiro atoms. The van der Waals surface area contributed by atoms with Crippen molar-refractivity contribution >= 4 is 16.9 Å². The van der Waals surface area contributed by atoms with Crippen LogP contribution in [0, 0.1) is 0 Å². The van der Waals surface area contributed by atoms with Crippen molar-refractivity contribution in [2.45, 2.75) is 58.0 Å². The van der Waals surface area contributed by atoms with Crippen LogP contribution in [-0.2, 0) is 21.2 Å². The van der Waals surface area contributed by atoms with Gasteiger partial charge in [-0.2, -0.15) is 0 Å². The van der Waals surface area contributed by atoms with E-state index < -0.39 is 27.5 Å². The standard InChI is InChI=1S/C18H30N2O4S/c1-16(2,12-9-10-13(21)14(11-12)24-7)18(5,6)19-15(22)17(3,4)20-25(8)23/h9-11,20-21H,1-8H3,(H,19,22). The molecule has 1 rings (SSSR count). The predicted octanol–water partition coefficient (Wildman–Crippen LogP) is 2.23. The van der Waals surface area contributed by atoms with E-state index in [0.29, 0.717) is 5.75 Å². The van der Waals surface area contributed by atoms with Crippen molar-refractivity contribution in [3.05, 3.63) is 23.8 Å². The molecule has 6 nitrogen and oxygen atoms in total. The molecule has 0 aromatic heterocycles. The summed E-state index contributed by atoms with van der Waals surface area (Å²) in [7, 11) is 0.195. The summed E-state index contributed by atoms with van der Waals surface area (Å²) in [5.41, 5.74) is -1.15. The minimum absolute atomic E-state index is 0.0691. The lowest BCUT2D eigenvalue weighted by atomic mass is 9.69. The van der Waals surface area contributed by atoms with E-state index in [1.165, 1.54) is 13.4 Å². The number of aromatic hydroxyl groups is 1. The number of ether oxygens (including phenoxy) is 1. The van der Waals surface area contributed by atoms with Gasteiger partial charge in [-0.3, -0.25) is 4.79 Å². The first-order chi connectivity index (χ1) is 11.2. The number of hydrogen-bond acceptors (Lipinski definition) is 4. The number of benzene rings is 1. The Morgan fingerprint density at radius 1 is 1.16 bits per heavy atom. The summed E-state index contributed by atoms with van der Waals surface area (Å²) in [5, 5.41) is 12.9. The van der Waals surface area contributed by atoms with Gasteiger partial charge in [0.15, 0.2) is 11.5 Å². The van der Waals surface area contributed by atoms with E-state index in [-0.39, 0.29) is 11.7 Å². The van der Waals surface area contributed by atoms with Crippen molar-refractivity contribution in [3.63, 3.8) is 0 Å². The van der Waals surface area contributed by atoms with Gasteiger partial charge in [0.1, 0.15) is 5.54 Å². The third-order valence-corrected chi connectivity index (χ3v) is 5.65. The molecule has 0 heterocycles. The van der Waals surface area contributed by atoms with Crippen LogP contribution in [0.3, 0.4) is 0 Å². The lowest BCUT2D eigenvalue weighted by molar-refractivity contribution is -0.128. The van der Waals surface area contributed by atoms with Gasteiger partial charge in [-0.1, -0.05) is 19.9 Å². The third-order valence-electron chi connectivity index (χ3n) is 4.86. The molecule has 0 saturated heterocycles. The van der Waals surface area contributed by atoms with Gasteiger partial charge in [-0.15, -0.1) is 0 Å². The Morgan fingerprint density at radius 3 is 2.20 bits per heavy atom. The van der Waals surface area contributed by atoms with Crippen LogP contribution in [0.5, 0.6) is 11.5 Å². The Bertz CT molecular complexity index is 669.